The van der Waals surface area contributed by atoms with E-state index < -0.39 is 0 Å². The first-order valence-corrected chi connectivity index (χ1v) is 8.64. The largest absolute Gasteiger partial charge is 0.493 e. The fourth-order valence-corrected chi connectivity index (χ4v) is 3.55. The summed E-state index contributed by atoms with van der Waals surface area (Å²) in [6.45, 7) is 2.74. The number of benzene rings is 1. The minimum absolute atomic E-state index is 0.0151. The molecule has 1 aromatic rings. The number of methoxy groups -OCH3 is 2. The molecule has 1 saturated carbocycles. The van der Waals surface area contributed by atoms with Crippen LogP contribution < -0.4 is 14.8 Å². The van der Waals surface area contributed by atoms with Gasteiger partial charge < -0.3 is 14.8 Å². The fraction of sp³-hybridized carbons (Fsp3) is 0.632. The molecule has 0 unspecified atom stereocenters. The normalized spacial score (nSPS) is 16.7. The first-order valence-electron chi connectivity index (χ1n) is 8.64. The van der Waals surface area contributed by atoms with Gasteiger partial charge in [-0.15, -0.1) is 0 Å². The molecule has 0 saturated heterocycles. The second-order valence-electron chi connectivity index (χ2n) is 6.44. The summed E-state index contributed by atoms with van der Waals surface area (Å²) in [5.41, 5.74) is 1.26. The first-order chi connectivity index (χ1) is 11.1. The molecule has 4 heteroatoms. The molecular weight excluding hydrogens is 290 g/mol. The van der Waals surface area contributed by atoms with Crippen LogP contribution in [0.5, 0.6) is 11.5 Å². The van der Waals surface area contributed by atoms with Crippen molar-refractivity contribution in [2.75, 3.05) is 20.8 Å². The third-order valence-corrected chi connectivity index (χ3v) is 4.91. The van der Waals surface area contributed by atoms with E-state index in [1.165, 1.54) is 24.8 Å². The van der Waals surface area contributed by atoms with Gasteiger partial charge >= 0.3 is 0 Å². The monoisotopic (exact) mass is 319 g/mol. The summed E-state index contributed by atoms with van der Waals surface area (Å²) in [6, 6.07) is 6.17. The van der Waals surface area contributed by atoms with Gasteiger partial charge in [-0.3, -0.25) is 4.79 Å². The Bertz CT molecular complexity index is 521. The van der Waals surface area contributed by atoms with Crippen molar-refractivity contribution in [1.82, 2.24) is 5.32 Å². The van der Waals surface area contributed by atoms with Crippen LogP contribution in [0.15, 0.2) is 18.2 Å². The van der Waals surface area contributed by atoms with Crippen molar-refractivity contribution in [2.45, 2.75) is 57.3 Å². The number of carbonyl (C=O) groups excluding carboxylic acids is 1. The van der Waals surface area contributed by atoms with Crippen LogP contribution in [0.25, 0.3) is 0 Å². The fourth-order valence-electron chi connectivity index (χ4n) is 3.55. The van der Waals surface area contributed by atoms with Gasteiger partial charge in [0.05, 0.1) is 14.2 Å². The van der Waals surface area contributed by atoms with Gasteiger partial charge in [-0.2, -0.15) is 0 Å². The first kappa shape index (κ1) is 17.6. The lowest BCUT2D eigenvalue weighted by atomic mass is 9.69. The standard InChI is InChI=1S/C19H29NO3/c1-4-8-18(21)20-14-19(11-6-5-7-12-19)15-9-10-16(22-2)17(13-15)23-3/h9-10,13H,4-8,11-12,14H2,1-3H3,(H,20,21). The molecule has 23 heavy (non-hydrogen) atoms. The van der Waals surface area contributed by atoms with Crippen LogP contribution in [0.4, 0.5) is 0 Å². The molecule has 0 radical (unpaired) electrons. The molecule has 1 N–H and O–H groups in total. The third-order valence-electron chi connectivity index (χ3n) is 4.91. The molecule has 0 aliphatic heterocycles. The molecule has 1 aliphatic carbocycles. The zero-order chi connectivity index (χ0) is 16.7. The predicted octanol–water partition coefficient (Wildman–Crippen LogP) is 3.82. The molecule has 0 spiro atoms. The van der Waals surface area contributed by atoms with Crippen molar-refractivity contribution in [3.05, 3.63) is 23.8 Å². The van der Waals surface area contributed by atoms with Crippen molar-refractivity contribution in [2.24, 2.45) is 0 Å². The highest BCUT2D eigenvalue weighted by atomic mass is 16.5. The van der Waals surface area contributed by atoms with Gasteiger partial charge in [0, 0.05) is 18.4 Å². The van der Waals surface area contributed by atoms with Crippen LogP contribution >= 0.6 is 0 Å². The van der Waals surface area contributed by atoms with E-state index in [1.807, 2.05) is 13.0 Å². The molecule has 0 atom stereocenters. The predicted molar refractivity (Wildman–Crippen MR) is 92.2 cm³/mol. The Balaban J connectivity index is 2.25. The van der Waals surface area contributed by atoms with E-state index in [2.05, 4.69) is 17.4 Å². The van der Waals surface area contributed by atoms with Gasteiger partial charge in [-0.25, -0.2) is 0 Å². The molecular formula is C19H29NO3. The summed E-state index contributed by atoms with van der Waals surface area (Å²) in [7, 11) is 3.32. The van der Waals surface area contributed by atoms with Crippen LogP contribution in [-0.2, 0) is 10.2 Å². The average Bonchev–Trinajstić information content (AvgIpc) is 2.60. The maximum Gasteiger partial charge on any atom is 0.220 e. The van der Waals surface area contributed by atoms with Crippen molar-refractivity contribution < 1.29 is 14.3 Å². The molecule has 1 aromatic carbocycles. The second-order valence-corrected chi connectivity index (χ2v) is 6.44. The molecule has 1 fully saturated rings. The summed E-state index contributed by atoms with van der Waals surface area (Å²) in [5.74, 6) is 1.66. The summed E-state index contributed by atoms with van der Waals surface area (Å²) in [5, 5.41) is 3.15. The van der Waals surface area contributed by atoms with E-state index in [9.17, 15) is 4.79 Å². The Kier molecular flexibility index (Phi) is 6.31. The zero-order valence-corrected chi connectivity index (χ0v) is 14.6. The number of carbonyl (C=O) groups is 1. The van der Waals surface area contributed by atoms with Crippen molar-refractivity contribution >= 4 is 5.91 Å². The molecule has 0 bridgehead atoms. The zero-order valence-electron chi connectivity index (χ0n) is 14.6. The number of amides is 1. The van der Waals surface area contributed by atoms with E-state index in [4.69, 9.17) is 9.47 Å². The smallest absolute Gasteiger partial charge is 0.220 e. The van der Waals surface area contributed by atoms with Gasteiger partial charge in [0.25, 0.3) is 0 Å². The number of rotatable bonds is 7. The Labute approximate surface area is 139 Å². The SMILES string of the molecule is CCCC(=O)NCC1(c2ccc(OC)c(OC)c2)CCCCC1. The van der Waals surface area contributed by atoms with Gasteiger partial charge in [-0.1, -0.05) is 32.3 Å². The van der Waals surface area contributed by atoms with Crippen molar-refractivity contribution in [1.29, 1.82) is 0 Å². The average molecular weight is 319 g/mol. The molecule has 1 aliphatic rings. The van der Waals surface area contributed by atoms with Crippen LogP contribution in [-0.4, -0.2) is 26.7 Å². The molecule has 0 aromatic heterocycles. The number of hydrogen-bond donors (Lipinski definition) is 1. The maximum atomic E-state index is 11.9. The third kappa shape index (κ3) is 4.18. The summed E-state index contributed by atoms with van der Waals surface area (Å²) < 4.78 is 10.8. The topological polar surface area (TPSA) is 47.6 Å². The Hall–Kier alpha value is -1.71. The summed E-state index contributed by atoms with van der Waals surface area (Å²) in [4.78, 5) is 11.9. The minimum Gasteiger partial charge on any atom is -0.493 e. The highest BCUT2D eigenvalue weighted by Gasteiger charge is 2.34. The number of ether oxygens (including phenoxy) is 2. The molecule has 2 rings (SSSR count). The van der Waals surface area contributed by atoms with Crippen LogP contribution in [0, 0.1) is 0 Å². The second kappa shape index (κ2) is 8.23. The maximum absolute atomic E-state index is 11.9. The molecule has 4 nitrogen and oxygen atoms in total. The lowest BCUT2D eigenvalue weighted by Crippen LogP contribution is -2.42. The molecule has 1 amide bonds. The summed E-state index contributed by atoms with van der Waals surface area (Å²) >= 11 is 0. The minimum atomic E-state index is 0.0151. The Morgan fingerprint density at radius 2 is 1.83 bits per heavy atom. The van der Waals surface area contributed by atoms with E-state index in [0.717, 1.165) is 30.8 Å². The van der Waals surface area contributed by atoms with Gasteiger partial charge in [0.1, 0.15) is 0 Å². The lowest BCUT2D eigenvalue weighted by molar-refractivity contribution is -0.121. The van der Waals surface area contributed by atoms with E-state index in [-0.39, 0.29) is 11.3 Å². The van der Waals surface area contributed by atoms with Gasteiger partial charge in [0.15, 0.2) is 11.5 Å². The Morgan fingerprint density at radius 1 is 1.13 bits per heavy atom. The highest BCUT2D eigenvalue weighted by molar-refractivity contribution is 5.75. The Morgan fingerprint density at radius 3 is 2.43 bits per heavy atom. The number of hydrogen-bond acceptors (Lipinski definition) is 3. The van der Waals surface area contributed by atoms with Gasteiger partial charge in [-0.05, 0) is 37.0 Å². The lowest BCUT2D eigenvalue weighted by Gasteiger charge is -2.38. The van der Waals surface area contributed by atoms with Crippen LogP contribution in [0.3, 0.4) is 0 Å². The summed E-state index contributed by atoms with van der Waals surface area (Å²) in [6.07, 6.45) is 7.38. The quantitative estimate of drug-likeness (QED) is 0.831. The molecule has 0 heterocycles. The highest BCUT2D eigenvalue weighted by Crippen LogP contribution is 2.42. The van der Waals surface area contributed by atoms with E-state index in [0.29, 0.717) is 13.0 Å². The number of nitrogens with one attached hydrogen (secondary N) is 1. The van der Waals surface area contributed by atoms with Gasteiger partial charge in [0.2, 0.25) is 5.91 Å². The van der Waals surface area contributed by atoms with Crippen LogP contribution in [0.2, 0.25) is 0 Å². The van der Waals surface area contributed by atoms with E-state index >= 15 is 0 Å². The van der Waals surface area contributed by atoms with E-state index in [1.54, 1.807) is 14.2 Å². The molecule has 128 valence electrons. The van der Waals surface area contributed by atoms with Crippen LogP contribution in [0.1, 0.15) is 57.4 Å². The van der Waals surface area contributed by atoms with Crippen molar-refractivity contribution in [3.63, 3.8) is 0 Å². The van der Waals surface area contributed by atoms with Crippen molar-refractivity contribution in [3.8, 4) is 11.5 Å².